The molecule has 2 aromatic rings. The van der Waals surface area contributed by atoms with Gasteiger partial charge in [-0.15, -0.1) is 0 Å². The monoisotopic (exact) mass is 324 g/mol. The van der Waals surface area contributed by atoms with Gasteiger partial charge in [-0.05, 0) is 53.2 Å². The van der Waals surface area contributed by atoms with E-state index in [4.69, 9.17) is 4.74 Å². The van der Waals surface area contributed by atoms with Crippen molar-refractivity contribution in [1.82, 2.24) is 4.98 Å². The van der Waals surface area contributed by atoms with Crippen molar-refractivity contribution >= 4 is 21.6 Å². The molecule has 0 aliphatic carbocycles. The minimum atomic E-state index is -0.330. The Morgan fingerprint density at radius 1 is 1.32 bits per heavy atom. The summed E-state index contributed by atoms with van der Waals surface area (Å²) in [6, 6.07) is 8.79. The van der Waals surface area contributed by atoms with Gasteiger partial charge in [0.05, 0.1) is 29.5 Å². The molecule has 0 saturated carbocycles. The summed E-state index contributed by atoms with van der Waals surface area (Å²) in [5.74, 6) is 0.446. The first-order chi connectivity index (χ1) is 9.10. The van der Waals surface area contributed by atoms with Crippen molar-refractivity contribution in [2.75, 3.05) is 12.4 Å². The largest absolute Gasteiger partial charge is 0.496 e. The van der Waals surface area contributed by atoms with Gasteiger partial charge in [-0.2, -0.15) is 0 Å². The average Bonchev–Trinajstić information content (AvgIpc) is 2.39. The lowest BCUT2D eigenvalue weighted by molar-refractivity contribution is 0.412. The van der Waals surface area contributed by atoms with E-state index in [-0.39, 0.29) is 11.9 Å². The normalized spacial score (nSPS) is 12.0. The van der Waals surface area contributed by atoms with Gasteiger partial charge in [0.25, 0.3) is 0 Å². The molecule has 0 bridgehead atoms. The molecule has 0 aliphatic rings. The maximum absolute atomic E-state index is 12.8. The van der Waals surface area contributed by atoms with E-state index in [0.29, 0.717) is 0 Å². The summed E-state index contributed by atoms with van der Waals surface area (Å²) in [6.45, 7) is 1.97. The maximum Gasteiger partial charge on any atom is 0.141 e. The van der Waals surface area contributed by atoms with Gasteiger partial charge in [-0.1, -0.05) is 0 Å². The molecule has 100 valence electrons. The zero-order valence-corrected chi connectivity index (χ0v) is 12.2. The standard InChI is InChI=1S/C14H14BrFN2O/c1-9(13-5-3-10(16)8-17-13)18-11-4-6-14(19-2)12(15)7-11/h3-9,18H,1-2H3. The second-order valence-corrected chi connectivity index (χ2v) is 4.97. The van der Waals surface area contributed by atoms with Gasteiger partial charge in [-0.3, -0.25) is 4.98 Å². The lowest BCUT2D eigenvalue weighted by Crippen LogP contribution is -2.08. The fourth-order valence-corrected chi connectivity index (χ4v) is 2.26. The number of pyridine rings is 1. The van der Waals surface area contributed by atoms with E-state index in [1.807, 2.05) is 25.1 Å². The minimum Gasteiger partial charge on any atom is -0.496 e. The number of hydrogen-bond acceptors (Lipinski definition) is 3. The second-order valence-electron chi connectivity index (χ2n) is 4.12. The number of methoxy groups -OCH3 is 1. The second kappa shape index (κ2) is 6.02. The first-order valence-corrected chi connectivity index (χ1v) is 6.61. The van der Waals surface area contributed by atoms with Crippen LogP contribution in [0.5, 0.6) is 5.75 Å². The van der Waals surface area contributed by atoms with E-state index in [0.717, 1.165) is 21.6 Å². The molecule has 3 nitrogen and oxygen atoms in total. The molecule has 1 N–H and O–H groups in total. The van der Waals surface area contributed by atoms with Gasteiger partial charge in [0.15, 0.2) is 0 Å². The van der Waals surface area contributed by atoms with Gasteiger partial charge < -0.3 is 10.1 Å². The summed E-state index contributed by atoms with van der Waals surface area (Å²) in [7, 11) is 1.62. The van der Waals surface area contributed by atoms with Crippen LogP contribution in [0, 0.1) is 5.82 Å². The fraction of sp³-hybridized carbons (Fsp3) is 0.214. The molecule has 0 radical (unpaired) electrons. The van der Waals surface area contributed by atoms with Crippen LogP contribution >= 0.6 is 15.9 Å². The number of halogens is 2. The van der Waals surface area contributed by atoms with E-state index < -0.39 is 0 Å². The highest BCUT2D eigenvalue weighted by Crippen LogP contribution is 2.29. The van der Waals surface area contributed by atoms with Crippen molar-refractivity contribution in [2.45, 2.75) is 13.0 Å². The summed E-state index contributed by atoms with van der Waals surface area (Å²) in [4.78, 5) is 4.06. The molecule has 1 aromatic heterocycles. The molecule has 1 heterocycles. The molecular weight excluding hydrogens is 311 g/mol. The van der Waals surface area contributed by atoms with Gasteiger partial charge in [0.1, 0.15) is 11.6 Å². The van der Waals surface area contributed by atoms with E-state index in [9.17, 15) is 4.39 Å². The number of ether oxygens (including phenoxy) is 1. The van der Waals surface area contributed by atoms with Crippen LogP contribution in [0.15, 0.2) is 41.0 Å². The van der Waals surface area contributed by atoms with Gasteiger partial charge >= 0.3 is 0 Å². The van der Waals surface area contributed by atoms with E-state index in [1.54, 1.807) is 13.2 Å². The van der Waals surface area contributed by atoms with Crippen molar-refractivity contribution in [2.24, 2.45) is 0 Å². The fourth-order valence-electron chi connectivity index (χ4n) is 1.72. The molecule has 0 amide bonds. The molecule has 0 saturated heterocycles. The molecule has 2 rings (SSSR count). The van der Waals surface area contributed by atoms with Crippen LogP contribution in [0.1, 0.15) is 18.7 Å². The Balaban J connectivity index is 2.12. The van der Waals surface area contributed by atoms with Crippen LogP contribution in [0.4, 0.5) is 10.1 Å². The van der Waals surface area contributed by atoms with Gasteiger partial charge in [0.2, 0.25) is 0 Å². The molecule has 1 unspecified atom stereocenters. The first kappa shape index (κ1) is 13.8. The van der Waals surface area contributed by atoms with Gasteiger partial charge in [-0.25, -0.2) is 4.39 Å². The number of hydrogen-bond donors (Lipinski definition) is 1. The van der Waals surface area contributed by atoms with Crippen molar-refractivity contribution in [3.05, 3.63) is 52.5 Å². The van der Waals surface area contributed by atoms with Crippen LogP contribution < -0.4 is 10.1 Å². The molecule has 0 fully saturated rings. The number of nitrogens with one attached hydrogen (secondary N) is 1. The number of benzene rings is 1. The Morgan fingerprint density at radius 3 is 2.68 bits per heavy atom. The molecular formula is C14H14BrFN2O. The Kier molecular flexibility index (Phi) is 4.37. The predicted octanol–water partition coefficient (Wildman–Crippen LogP) is 4.16. The first-order valence-electron chi connectivity index (χ1n) is 5.81. The van der Waals surface area contributed by atoms with E-state index in [1.165, 1.54) is 12.3 Å². The van der Waals surface area contributed by atoms with Crippen LogP contribution in [0.3, 0.4) is 0 Å². The van der Waals surface area contributed by atoms with Crippen LogP contribution in [-0.4, -0.2) is 12.1 Å². The highest BCUT2D eigenvalue weighted by molar-refractivity contribution is 9.10. The number of nitrogens with zero attached hydrogens (tertiary/aromatic N) is 1. The Hall–Kier alpha value is -1.62. The predicted molar refractivity (Wildman–Crippen MR) is 76.9 cm³/mol. The molecule has 5 heteroatoms. The summed E-state index contributed by atoms with van der Waals surface area (Å²) >= 11 is 3.43. The minimum absolute atomic E-state index is 0.0131. The van der Waals surface area contributed by atoms with Crippen molar-refractivity contribution < 1.29 is 9.13 Å². The van der Waals surface area contributed by atoms with E-state index >= 15 is 0 Å². The van der Waals surface area contributed by atoms with E-state index in [2.05, 4.69) is 26.2 Å². The highest BCUT2D eigenvalue weighted by Gasteiger charge is 2.08. The Labute approximate surface area is 119 Å². The zero-order chi connectivity index (χ0) is 13.8. The third-order valence-corrected chi connectivity index (χ3v) is 3.35. The topological polar surface area (TPSA) is 34.1 Å². The lowest BCUT2D eigenvalue weighted by Gasteiger charge is -2.15. The quantitative estimate of drug-likeness (QED) is 0.916. The van der Waals surface area contributed by atoms with Crippen LogP contribution in [-0.2, 0) is 0 Å². The third kappa shape index (κ3) is 3.44. The molecule has 0 spiro atoms. The number of rotatable bonds is 4. The smallest absolute Gasteiger partial charge is 0.141 e. The Bertz CT molecular complexity index is 560. The molecule has 1 aromatic carbocycles. The summed E-state index contributed by atoms with van der Waals surface area (Å²) in [6.07, 6.45) is 1.22. The van der Waals surface area contributed by atoms with Crippen LogP contribution in [0.25, 0.3) is 0 Å². The third-order valence-electron chi connectivity index (χ3n) is 2.73. The SMILES string of the molecule is COc1ccc(NC(C)c2ccc(F)cn2)cc1Br. The number of aromatic nitrogens is 1. The van der Waals surface area contributed by atoms with Crippen LogP contribution in [0.2, 0.25) is 0 Å². The summed E-state index contributed by atoms with van der Waals surface area (Å²) < 4.78 is 18.9. The molecule has 0 aliphatic heterocycles. The lowest BCUT2D eigenvalue weighted by atomic mass is 10.2. The summed E-state index contributed by atoms with van der Waals surface area (Å²) in [5.41, 5.74) is 1.72. The van der Waals surface area contributed by atoms with Crippen molar-refractivity contribution in [3.8, 4) is 5.75 Å². The molecule has 19 heavy (non-hydrogen) atoms. The van der Waals surface area contributed by atoms with Gasteiger partial charge in [0, 0.05) is 5.69 Å². The van der Waals surface area contributed by atoms with Crippen molar-refractivity contribution in [3.63, 3.8) is 0 Å². The van der Waals surface area contributed by atoms with Crippen molar-refractivity contribution in [1.29, 1.82) is 0 Å². The average molecular weight is 325 g/mol. The molecule has 1 atom stereocenters. The summed E-state index contributed by atoms with van der Waals surface area (Å²) in [5, 5.41) is 3.30. The maximum atomic E-state index is 12.8. The Morgan fingerprint density at radius 2 is 2.11 bits per heavy atom. The number of anilines is 1. The zero-order valence-electron chi connectivity index (χ0n) is 10.7. The highest BCUT2D eigenvalue weighted by atomic mass is 79.9.